The zero-order valence-electron chi connectivity index (χ0n) is 28.2. The zero-order valence-corrected chi connectivity index (χ0v) is 29.7. The highest BCUT2D eigenvalue weighted by Gasteiger charge is 2.21. The molecule has 1 aromatic heterocycles. The average Bonchev–Trinajstić information content (AvgIpc) is 3.75. The molecule has 0 spiro atoms. The number of carboxylic acids is 1. The largest absolute Gasteiger partial charge is 0.496 e. The van der Waals surface area contributed by atoms with Gasteiger partial charge in [-0.1, -0.05) is 65.7 Å². The van der Waals surface area contributed by atoms with Gasteiger partial charge in [-0.25, -0.2) is 0 Å². The summed E-state index contributed by atoms with van der Waals surface area (Å²) in [4.78, 5) is 22.8. The standard InChI is InChI=1S/C38H39Cl2N5O6/c1-50-34-14-22(9-10-23(34)16-41-18-26-11-12-36(47)44-26)27-5-3-7-29(37(27)40)28-6-4-8-33-30(28)19-43-45(33)20-25-15-35(51-2)24(13-31(25)39)17-42-32(21-46)38(48)49/h3-10,13-15,19,26,32,41-42,46H,11-12,16-18,20-21H2,1-2H3,(H,44,47)(H,48,49)/t26-,32-/m0/s1. The number of hydrogen-bond acceptors (Lipinski definition) is 8. The highest BCUT2D eigenvalue weighted by atomic mass is 35.5. The average molecular weight is 733 g/mol. The van der Waals surface area contributed by atoms with Gasteiger partial charge in [-0.2, -0.15) is 5.10 Å². The number of hydrogen-bond donors (Lipinski definition) is 5. The van der Waals surface area contributed by atoms with Crippen molar-refractivity contribution < 1.29 is 29.3 Å². The van der Waals surface area contributed by atoms with Crippen molar-refractivity contribution >= 4 is 46.0 Å². The van der Waals surface area contributed by atoms with Crippen molar-refractivity contribution in [2.75, 3.05) is 27.4 Å². The molecule has 0 aliphatic carbocycles. The number of nitrogens with one attached hydrogen (secondary N) is 3. The van der Waals surface area contributed by atoms with Gasteiger partial charge in [0.25, 0.3) is 0 Å². The second-order valence-corrected chi connectivity index (χ2v) is 13.2. The number of aromatic nitrogens is 2. The van der Waals surface area contributed by atoms with Crippen LogP contribution in [-0.2, 0) is 29.2 Å². The van der Waals surface area contributed by atoms with Crippen LogP contribution >= 0.6 is 23.2 Å². The lowest BCUT2D eigenvalue weighted by Gasteiger charge is -2.16. The number of benzene rings is 4. The fourth-order valence-electron chi connectivity index (χ4n) is 6.41. The Bertz CT molecular complexity index is 2070. The Balaban J connectivity index is 1.23. The molecule has 5 aromatic rings. The molecule has 5 N–H and O–H groups in total. The molecule has 6 rings (SSSR count). The molecule has 11 nitrogen and oxygen atoms in total. The molecule has 4 aromatic carbocycles. The lowest BCUT2D eigenvalue weighted by atomic mass is 9.96. The fraction of sp³-hybridized carbons (Fsp3) is 0.289. The van der Waals surface area contributed by atoms with E-state index in [1.165, 1.54) is 7.11 Å². The molecule has 1 aliphatic rings. The summed E-state index contributed by atoms with van der Waals surface area (Å²) in [6.45, 7) is 1.25. The number of aliphatic carboxylic acids is 1. The van der Waals surface area contributed by atoms with Crippen LogP contribution in [0.15, 0.2) is 72.9 Å². The van der Waals surface area contributed by atoms with E-state index in [0.717, 1.165) is 56.5 Å². The number of amides is 1. The third-order valence-electron chi connectivity index (χ3n) is 9.15. The molecule has 0 bridgehead atoms. The molecule has 0 radical (unpaired) electrons. The summed E-state index contributed by atoms with van der Waals surface area (Å²) in [5, 5.41) is 34.5. The summed E-state index contributed by atoms with van der Waals surface area (Å²) in [5.41, 5.74) is 6.90. The number of ether oxygens (including phenoxy) is 2. The Morgan fingerprint density at radius 1 is 0.980 bits per heavy atom. The zero-order chi connectivity index (χ0) is 36.1. The molecule has 0 unspecified atom stereocenters. The third kappa shape index (κ3) is 7.98. The minimum absolute atomic E-state index is 0.102. The molecule has 13 heteroatoms. The molecule has 2 heterocycles. The first kappa shape index (κ1) is 36.2. The lowest BCUT2D eigenvalue weighted by Crippen LogP contribution is -2.39. The van der Waals surface area contributed by atoms with Gasteiger partial charge in [0.15, 0.2) is 0 Å². The van der Waals surface area contributed by atoms with Crippen LogP contribution in [0, 0.1) is 0 Å². The van der Waals surface area contributed by atoms with Crippen molar-refractivity contribution in [3.63, 3.8) is 0 Å². The van der Waals surface area contributed by atoms with Gasteiger partial charge in [0.1, 0.15) is 17.5 Å². The number of fused-ring (bicyclic) bond motifs is 1. The highest BCUT2D eigenvalue weighted by Crippen LogP contribution is 2.40. The van der Waals surface area contributed by atoms with Gasteiger partial charge < -0.3 is 30.3 Å². The predicted octanol–water partition coefficient (Wildman–Crippen LogP) is 5.65. The first-order chi connectivity index (χ1) is 24.7. The molecule has 1 fully saturated rings. The summed E-state index contributed by atoms with van der Waals surface area (Å²) < 4.78 is 13.2. The number of methoxy groups -OCH3 is 2. The minimum atomic E-state index is -1.15. The number of aliphatic hydroxyl groups is 1. The van der Waals surface area contributed by atoms with E-state index < -0.39 is 18.6 Å². The third-order valence-corrected chi connectivity index (χ3v) is 9.91. The van der Waals surface area contributed by atoms with E-state index in [0.29, 0.717) is 47.4 Å². The van der Waals surface area contributed by atoms with Crippen molar-refractivity contribution in [1.29, 1.82) is 0 Å². The molecule has 1 saturated heterocycles. The van der Waals surface area contributed by atoms with Crippen molar-refractivity contribution in [2.45, 2.75) is 44.6 Å². The fourth-order valence-corrected chi connectivity index (χ4v) is 6.99. The summed E-state index contributed by atoms with van der Waals surface area (Å²) in [6.07, 6.45) is 3.24. The topological polar surface area (TPSA) is 147 Å². The lowest BCUT2D eigenvalue weighted by molar-refractivity contribution is -0.140. The van der Waals surface area contributed by atoms with E-state index in [9.17, 15) is 19.8 Å². The second kappa shape index (κ2) is 16.1. The first-order valence-electron chi connectivity index (χ1n) is 16.5. The first-order valence-corrected chi connectivity index (χ1v) is 17.3. The van der Waals surface area contributed by atoms with Gasteiger partial charge in [-0.05, 0) is 47.4 Å². The van der Waals surface area contributed by atoms with Crippen molar-refractivity contribution in [2.24, 2.45) is 0 Å². The number of nitrogens with zero attached hydrogens (tertiary/aromatic N) is 2. The molecule has 1 amide bonds. The van der Waals surface area contributed by atoms with Gasteiger partial charge in [-0.15, -0.1) is 0 Å². The SMILES string of the molecule is COc1cc(-c2cccc(-c3cccc4c3cnn4Cc3cc(OC)c(CN[C@@H](CO)C(=O)O)cc3Cl)c2Cl)ccc1CNC[C@@H]1CCC(=O)N1. The van der Waals surface area contributed by atoms with E-state index in [2.05, 4.69) is 16.0 Å². The maximum atomic E-state index is 11.5. The summed E-state index contributed by atoms with van der Waals surface area (Å²) in [7, 11) is 3.19. The predicted molar refractivity (Wildman–Crippen MR) is 197 cm³/mol. The summed E-state index contributed by atoms with van der Waals surface area (Å²) in [6, 6.07) is 20.6. The molecule has 266 valence electrons. The van der Waals surface area contributed by atoms with Crippen LogP contribution in [0.2, 0.25) is 10.0 Å². The second-order valence-electron chi connectivity index (χ2n) is 12.4. The maximum Gasteiger partial charge on any atom is 0.323 e. The summed E-state index contributed by atoms with van der Waals surface area (Å²) in [5.74, 6) is 0.231. The van der Waals surface area contributed by atoms with E-state index in [4.69, 9.17) is 37.8 Å². The van der Waals surface area contributed by atoms with Crippen LogP contribution < -0.4 is 25.4 Å². The van der Waals surface area contributed by atoms with E-state index in [-0.39, 0.29) is 18.5 Å². The normalized spacial score (nSPS) is 14.8. The van der Waals surface area contributed by atoms with Gasteiger partial charge in [-0.3, -0.25) is 19.6 Å². The molecule has 2 atom stereocenters. The number of carbonyl (C=O) groups is 2. The molecule has 1 aliphatic heterocycles. The van der Waals surface area contributed by atoms with E-state index in [1.807, 2.05) is 71.5 Å². The number of carbonyl (C=O) groups excluding carboxylic acids is 1. The van der Waals surface area contributed by atoms with E-state index in [1.54, 1.807) is 13.2 Å². The van der Waals surface area contributed by atoms with Crippen LogP contribution in [0.3, 0.4) is 0 Å². The van der Waals surface area contributed by atoms with Crippen LogP contribution in [-0.4, -0.2) is 71.3 Å². The maximum absolute atomic E-state index is 11.5. The van der Waals surface area contributed by atoms with Crippen LogP contribution in [0.5, 0.6) is 11.5 Å². The molecule has 51 heavy (non-hydrogen) atoms. The smallest absolute Gasteiger partial charge is 0.323 e. The number of rotatable bonds is 15. The number of halogens is 2. The quantitative estimate of drug-likeness (QED) is 0.0923. The Morgan fingerprint density at radius 3 is 2.45 bits per heavy atom. The molecular weight excluding hydrogens is 693 g/mol. The van der Waals surface area contributed by atoms with Crippen molar-refractivity contribution in [3.05, 3.63) is 99.7 Å². The van der Waals surface area contributed by atoms with Gasteiger partial charge >= 0.3 is 5.97 Å². The van der Waals surface area contributed by atoms with E-state index >= 15 is 0 Å². The monoisotopic (exact) mass is 731 g/mol. The molecule has 0 saturated carbocycles. The van der Waals surface area contributed by atoms with Crippen LogP contribution in [0.1, 0.15) is 29.5 Å². The number of carboxylic acid groups (broad SMARTS) is 1. The molecular formula is C38H39Cl2N5O6. The Kier molecular flexibility index (Phi) is 11.4. The minimum Gasteiger partial charge on any atom is -0.496 e. The van der Waals surface area contributed by atoms with Gasteiger partial charge in [0.05, 0.1) is 44.1 Å². The van der Waals surface area contributed by atoms with Gasteiger partial charge in [0.2, 0.25) is 5.91 Å². The number of aliphatic hydroxyl groups excluding tert-OH is 1. The Hall–Kier alpha value is -4.65. The Morgan fingerprint density at radius 2 is 1.73 bits per heavy atom. The van der Waals surface area contributed by atoms with Crippen molar-refractivity contribution in [3.8, 4) is 33.8 Å². The van der Waals surface area contributed by atoms with Crippen LogP contribution in [0.4, 0.5) is 0 Å². The van der Waals surface area contributed by atoms with Gasteiger partial charge in [0, 0.05) is 64.8 Å². The van der Waals surface area contributed by atoms with Crippen LogP contribution in [0.25, 0.3) is 33.2 Å². The highest BCUT2D eigenvalue weighted by molar-refractivity contribution is 6.36. The van der Waals surface area contributed by atoms with Crippen molar-refractivity contribution in [1.82, 2.24) is 25.7 Å². The summed E-state index contributed by atoms with van der Waals surface area (Å²) >= 11 is 13.9. The Labute approximate surface area is 305 Å².